The Hall–Kier alpha value is -2.02. The molecule has 122 valence electrons. The van der Waals surface area contributed by atoms with Crippen LogP contribution in [0.15, 0.2) is 53.5 Å². The lowest BCUT2D eigenvalue weighted by Crippen LogP contribution is -2.23. The van der Waals surface area contributed by atoms with E-state index in [0.717, 1.165) is 11.1 Å². The molecular weight excluding hydrogens is 362 g/mol. The predicted molar refractivity (Wildman–Crippen MR) is 99.0 cm³/mol. The molecule has 0 aliphatic carbocycles. The van der Waals surface area contributed by atoms with Crippen LogP contribution in [-0.2, 0) is 6.54 Å². The van der Waals surface area contributed by atoms with Gasteiger partial charge < -0.3 is 5.32 Å². The Morgan fingerprint density at radius 1 is 1.25 bits per heavy atom. The van der Waals surface area contributed by atoms with Gasteiger partial charge in [-0.05, 0) is 35.0 Å². The van der Waals surface area contributed by atoms with E-state index < -0.39 is 0 Å². The summed E-state index contributed by atoms with van der Waals surface area (Å²) >= 11 is 6.01. The first kappa shape index (κ1) is 16.8. The molecule has 0 bridgehead atoms. The van der Waals surface area contributed by atoms with Gasteiger partial charge in [0.1, 0.15) is 0 Å². The largest absolute Gasteiger partial charge is 0.348 e. The first-order valence-electron chi connectivity index (χ1n) is 7.22. The highest BCUT2D eigenvalue weighted by Crippen LogP contribution is 2.21. The highest BCUT2D eigenvalue weighted by molar-refractivity contribution is 7.66. The van der Waals surface area contributed by atoms with Crippen LogP contribution in [0.3, 0.4) is 0 Å². The predicted octanol–water partition coefficient (Wildman–Crippen LogP) is 4.33. The number of rotatable bonds is 4. The molecule has 24 heavy (non-hydrogen) atoms. The molecule has 2 aromatic carbocycles. The van der Waals surface area contributed by atoms with Crippen molar-refractivity contribution < 1.29 is 4.79 Å². The minimum Gasteiger partial charge on any atom is -0.348 e. The maximum atomic E-state index is 12.6. The third-order valence-electron chi connectivity index (χ3n) is 3.32. The second-order valence-electron chi connectivity index (χ2n) is 5.15. The van der Waals surface area contributed by atoms with Crippen molar-refractivity contribution in [1.82, 2.24) is 9.69 Å². The third-order valence-corrected chi connectivity index (χ3v) is 5.50. The minimum absolute atomic E-state index is 0.161. The van der Waals surface area contributed by atoms with Crippen LogP contribution in [-0.4, -0.2) is 10.3 Å². The summed E-state index contributed by atoms with van der Waals surface area (Å²) in [5.74, 6) is -0.161. The summed E-state index contributed by atoms with van der Waals surface area (Å²) in [5.41, 5.74) is 3.16. The van der Waals surface area contributed by atoms with Crippen LogP contribution in [0, 0.1) is 6.92 Å². The van der Waals surface area contributed by atoms with Crippen molar-refractivity contribution in [2.45, 2.75) is 13.5 Å². The number of carbonyl (C=O) groups is 1. The normalized spacial score (nSPS) is 11.5. The smallest absolute Gasteiger partial charge is 0.253 e. The molecule has 3 rings (SSSR count). The average molecular weight is 376 g/mol. The van der Waals surface area contributed by atoms with Gasteiger partial charge in [-0.15, -0.1) is 0 Å². The Balaban J connectivity index is 1.88. The second kappa shape index (κ2) is 7.70. The van der Waals surface area contributed by atoms with E-state index in [9.17, 15) is 4.79 Å². The van der Waals surface area contributed by atoms with Crippen LogP contribution in [0.25, 0.3) is 0 Å². The molecule has 7 heteroatoms. The standard InChI is InChI=1S/C17H14ClN3OS2/c1-11-7-8-14(20-17-15(18)21-24-23-17)13(9-11)16(22)19-10-12-5-3-2-4-6-12/h2-9H,10H2,1H3,(H,19,22). The van der Waals surface area contributed by atoms with E-state index in [-0.39, 0.29) is 5.91 Å². The van der Waals surface area contributed by atoms with Crippen LogP contribution in [0.5, 0.6) is 0 Å². The van der Waals surface area contributed by atoms with E-state index in [1.54, 1.807) is 0 Å². The van der Waals surface area contributed by atoms with Gasteiger partial charge in [-0.25, -0.2) is 4.99 Å². The Bertz CT molecular complexity index is 919. The Morgan fingerprint density at radius 3 is 2.75 bits per heavy atom. The first-order valence-corrected chi connectivity index (χ1v) is 9.71. The zero-order valence-corrected chi connectivity index (χ0v) is 15.2. The highest BCUT2D eigenvalue weighted by atomic mass is 35.5. The monoisotopic (exact) mass is 375 g/mol. The zero-order valence-electron chi connectivity index (χ0n) is 12.8. The molecule has 0 atom stereocenters. The van der Waals surface area contributed by atoms with Gasteiger partial charge in [0.15, 0.2) is 9.82 Å². The fraction of sp³-hybridized carbons (Fsp3) is 0.118. The van der Waals surface area contributed by atoms with Gasteiger partial charge >= 0.3 is 0 Å². The molecule has 0 radical (unpaired) electrons. The van der Waals surface area contributed by atoms with Crippen molar-refractivity contribution in [1.29, 1.82) is 0 Å². The second-order valence-corrected chi connectivity index (χ2v) is 7.34. The van der Waals surface area contributed by atoms with Crippen LogP contribution in [0.4, 0.5) is 5.69 Å². The fourth-order valence-corrected chi connectivity index (χ4v) is 4.12. The van der Waals surface area contributed by atoms with E-state index in [2.05, 4.69) is 14.7 Å². The molecule has 1 N–H and O–H groups in total. The first-order chi connectivity index (χ1) is 11.6. The Labute approximate surface area is 152 Å². The fourth-order valence-electron chi connectivity index (χ4n) is 2.14. The number of benzene rings is 2. The summed E-state index contributed by atoms with van der Waals surface area (Å²) in [4.78, 5) is 17.1. The minimum atomic E-state index is -0.161. The average Bonchev–Trinajstić information content (AvgIpc) is 3.00. The summed E-state index contributed by atoms with van der Waals surface area (Å²) in [6.07, 6.45) is 0. The van der Waals surface area contributed by atoms with Gasteiger partial charge in [-0.2, -0.15) is 4.37 Å². The summed E-state index contributed by atoms with van der Waals surface area (Å²) in [7, 11) is 2.66. The lowest BCUT2D eigenvalue weighted by molar-refractivity contribution is 0.0951. The maximum absolute atomic E-state index is 12.6. The van der Waals surface area contributed by atoms with Gasteiger partial charge in [0.05, 0.1) is 11.3 Å². The molecule has 0 spiro atoms. The van der Waals surface area contributed by atoms with Gasteiger partial charge in [0, 0.05) is 17.1 Å². The number of nitrogens with one attached hydrogen (secondary N) is 1. The summed E-state index contributed by atoms with van der Waals surface area (Å²) < 4.78 is 4.63. The van der Waals surface area contributed by atoms with Crippen molar-refractivity contribution in [2.75, 3.05) is 0 Å². The van der Waals surface area contributed by atoms with Gasteiger partial charge in [0.25, 0.3) is 5.91 Å². The van der Waals surface area contributed by atoms with Crippen LogP contribution in [0.2, 0.25) is 5.15 Å². The van der Waals surface area contributed by atoms with Crippen LogP contribution in [0.1, 0.15) is 21.5 Å². The number of aromatic nitrogens is 1. The maximum Gasteiger partial charge on any atom is 0.253 e. The van der Waals surface area contributed by atoms with Crippen molar-refractivity contribution in [3.05, 3.63) is 75.0 Å². The number of halogens is 1. The molecule has 0 saturated heterocycles. The molecule has 0 aliphatic heterocycles. The quantitative estimate of drug-likeness (QED) is 0.690. The molecule has 0 saturated carbocycles. The third kappa shape index (κ3) is 4.08. The number of aryl methyl sites for hydroxylation is 1. The Morgan fingerprint density at radius 2 is 2.04 bits per heavy atom. The number of hydrogen-bond acceptors (Lipinski definition) is 5. The van der Waals surface area contributed by atoms with E-state index in [0.29, 0.717) is 27.6 Å². The molecule has 0 fully saturated rings. The van der Waals surface area contributed by atoms with Gasteiger partial charge in [-0.1, -0.05) is 53.6 Å². The number of hydrogen-bond donors (Lipinski definition) is 1. The number of amides is 1. The van der Waals surface area contributed by atoms with Crippen LogP contribution < -0.4 is 9.99 Å². The molecular formula is C17H14ClN3OS2. The van der Waals surface area contributed by atoms with Crippen molar-refractivity contribution >= 4 is 44.1 Å². The molecule has 3 aromatic rings. The number of carbonyl (C=O) groups excluding carboxylic acids is 1. The van der Waals surface area contributed by atoms with Crippen LogP contribution >= 0.6 is 32.5 Å². The molecule has 1 aromatic heterocycles. The van der Waals surface area contributed by atoms with E-state index in [4.69, 9.17) is 11.6 Å². The molecule has 0 unspecified atom stereocenters. The van der Waals surface area contributed by atoms with Crippen molar-refractivity contribution in [3.8, 4) is 0 Å². The summed E-state index contributed by atoms with van der Waals surface area (Å²) in [6.45, 7) is 2.41. The molecule has 4 nitrogen and oxygen atoms in total. The molecule has 1 heterocycles. The van der Waals surface area contributed by atoms with Gasteiger partial charge in [-0.3, -0.25) is 4.79 Å². The summed E-state index contributed by atoms with van der Waals surface area (Å²) in [6, 6.07) is 15.4. The Kier molecular flexibility index (Phi) is 5.40. The number of nitrogens with zero attached hydrogens (tertiary/aromatic N) is 2. The van der Waals surface area contributed by atoms with Gasteiger partial charge in [0.2, 0.25) is 0 Å². The van der Waals surface area contributed by atoms with Crippen molar-refractivity contribution in [2.24, 2.45) is 4.99 Å². The lowest BCUT2D eigenvalue weighted by Gasteiger charge is -2.08. The van der Waals surface area contributed by atoms with E-state index >= 15 is 0 Å². The van der Waals surface area contributed by atoms with E-state index in [1.165, 1.54) is 20.9 Å². The highest BCUT2D eigenvalue weighted by Gasteiger charge is 2.12. The lowest BCUT2D eigenvalue weighted by atomic mass is 10.1. The SMILES string of the molecule is Cc1ccc(N=c2ssnc2Cl)c(C(=O)NCc2ccccc2)c1. The summed E-state index contributed by atoms with van der Waals surface area (Å²) in [5, 5.41) is 3.30. The molecule has 0 aliphatic rings. The molecule has 1 amide bonds. The van der Waals surface area contributed by atoms with E-state index in [1.807, 2.05) is 55.5 Å². The van der Waals surface area contributed by atoms with Crippen molar-refractivity contribution in [3.63, 3.8) is 0 Å². The topological polar surface area (TPSA) is 54.4 Å². The zero-order chi connectivity index (χ0) is 16.9.